The number of nitrogens with two attached hydrogens (primary N) is 1. The maximum Gasteiger partial charge on any atom is 0.127 e. The van der Waals surface area contributed by atoms with Gasteiger partial charge in [-0.1, -0.05) is 6.07 Å². The Morgan fingerprint density at radius 3 is 2.67 bits per heavy atom. The number of nitrogens with zero attached hydrogens (tertiary/aromatic N) is 3. The molecule has 0 unspecified atom stereocenters. The monoisotopic (exact) mass is 288 g/mol. The van der Waals surface area contributed by atoms with Crippen molar-refractivity contribution >= 4 is 5.82 Å². The Balaban J connectivity index is 1.60. The standard InChI is InChI=1S/C17H28N4/c1-20-11-6-17(7-12-20)5-3-10-21(13-8-17)14-15-4-2-9-19-16(15)18/h2,4,9H,3,5-8,10-14H2,1H3,(H2,18,19). The second-order valence-corrected chi connectivity index (χ2v) is 6.98. The van der Waals surface area contributed by atoms with E-state index in [4.69, 9.17) is 5.73 Å². The summed E-state index contributed by atoms with van der Waals surface area (Å²) in [5.74, 6) is 0.691. The Bertz CT molecular complexity index is 466. The van der Waals surface area contributed by atoms with Crippen molar-refractivity contribution in [3.05, 3.63) is 23.9 Å². The summed E-state index contributed by atoms with van der Waals surface area (Å²) in [4.78, 5) is 9.25. The minimum Gasteiger partial charge on any atom is -0.383 e. The topological polar surface area (TPSA) is 45.4 Å². The van der Waals surface area contributed by atoms with Crippen LogP contribution >= 0.6 is 0 Å². The molecule has 3 rings (SSSR count). The van der Waals surface area contributed by atoms with E-state index in [2.05, 4.69) is 27.9 Å². The maximum atomic E-state index is 5.99. The van der Waals surface area contributed by atoms with E-state index in [-0.39, 0.29) is 0 Å². The van der Waals surface area contributed by atoms with Crippen molar-refractivity contribution < 1.29 is 0 Å². The van der Waals surface area contributed by atoms with Crippen molar-refractivity contribution in [2.45, 2.75) is 38.6 Å². The number of nitrogen functional groups attached to an aromatic ring is 1. The lowest BCUT2D eigenvalue weighted by Gasteiger charge is -2.40. The third-order valence-corrected chi connectivity index (χ3v) is 5.51. The zero-order chi connectivity index (χ0) is 14.7. The van der Waals surface area contributed by atoms with Gasteiger partial charge in [0.25, 0.3) is 0 Å². The first kappa shape index (κ1) is 14.8. The van der Waals surface area contributed by atoms with Gasteiger partial charge >= 0.3 is 0 Å². The second kappa shape index (κ2) is 6.32. The number of rotatable bonds is 2. The van der Waals surface area contributed by atoms with Crippen LogP contribution < -0.4 is 5.73 Å². The van der Waals surface area contributed by atoms with E-state index in [1.165, 1.54) is 63.8 Å². The first-order valence-corrected chi connectivity index (χ1v) is 8.27. The molecule has 4 nitrogen and oxygen atoms in total. The largest absolute Gasteiger partial charge is 0.383 e. The molecule has 21 heavy (non-hydrogen) atoms. The van der Waals surface area contributed by atoms with E-state index < -0.39 is 0 Å². The molecule has 2 aliphatic rings. The minimum absolute atomic E-state index is 0.613. The van der Waals surface area contributed by atoms with Crippen molar-refractivity contribution in [1.29, 1.82) is 0 Å². The molecule has 2 N–H and O–H groups in total. The molecule has 2 saturated heterocycles. The number of pyridine rings is 1. The van der Waals surface area contributed by atoms with Crippen LogP contribution in [0.4, 0.5) is 5.82 Å². The summed E-state index contributed by atoms with van der Waals surface area (Å²) < 4.78 is 0. The van der Waals surface area contributed by atoms with Gasteiger partial charge in [-0.2, -0.15) is 0 Å². The molecule has 0 saturated carbocycles. The summed E-state index contributed by atoms with van der Waals surface area (Å²) in [5.41, 5.74) is 7.78. The molecule has 0 bridgehead atoms. The number of aromatic nitrogens is 1. The van der Waals surface area contributed by atoms with Crippen LogP contribution in [0.1, 0.15) is 37.7 Å². The van der Waals surface area contributed by atoms with Crippen LogP contribution in [0.15, 0.2) is 18.3 Å². The highest BCUT2D eigenvalue weighted by Gasteiger charge is 2.35. The van der Waals surface area contributed by atoms with Gasteiger partial charge in [-0.15, -0.1) is 0 Å². The van der Waals surface area contributed by atoms with Crippen molar-refractivity contribution in [2.24, 2.45) is 5.41 Å². The van der Waals surface area contributed by atoms with Crippen LogP contribution in [0.5, 0.6) is 0 Å². The summed E-state index contributed by atoms with van der Waals surface area (Å²) in [6.07, 6.45) is 8.61. The van der Waals surface area contributed by atoms with Crippen LogP contribution in [-0.2, 0) is 6.54 Å². The van der Waals surface area contributed by atoms with E-state index in [0.717, 1.165) is 6.54 Å². The quantitative estimate of drug-likeness (QED) is 0.907. The lowest BCUT2D eigenvalue weighted by atomic mass is 9.73. The fourth-order valence-corrected chi connectivity index (χ4v) is 3.89. The minimum atomic E-state index is 0.613. The molecule has 0 aromatic carbocycles. The van der Waals surface area contributed by atoms with Crippen molar-refractivity contribution in [3.8, 4) is 0 Å². The van der Waals surface area contributed by atoms with Gasteiger partial charge < -0.3 is 10.6 Å². The summed E-state index contributed by atoms with van der Waals surface area (Å²) in [6.45, 7) is 5.91. The molecule has 0 radical (unpaired) electrons. The molecule has 1 spiro atoms. The summed E-state index contributed by atoms with van der Waals surface area (Å²) >= 11 is 0. The molecule has 2 fully saturated rings. The average Bonchev–Trinajstić information content (AvgIpc) is 2.68. The SMILES string of the molecule is CN1CCC2(CCCN(Cc3cccnc3N)CC2)CC1. The van der Waals surface area contributed by atoms with Crippen LogP contribution in [0.25, 0.3) is 0 Å². The van der Waals surface area contributed by atoms with Gasteiger partial charge in [-0.3, -0.25) is 4.90 Å². The van der Waals surface area contributed by atoms with E-state index in [0.29, 0.717) is 11.2 Å². The highest BCUT2D eigenvalue weighted by atomic mass is 15.1. The first-order valence-electron chi connectivity index (χ1n) is 8.27. The van der Waals surface area contributed by atoms with E-state index in [9.17, 15) is 0 Å². The summed E-state index contributed by atoms with van der Waals surface area (Å²) in [6, 6.07) is 4.10. The summed E-state index contributed by atoms with van der Waals surface area (Å²) in [5, 5.41) is 0. The Morgan fingerprint density at radius 1 is 1.14 bits per heavy atom. The highest BCUT2D eigenvalue weighted by Crippen LogP contribution is 2.41. The third kappa shape index (κ3) is 3.55. The molecule has 0 atom stereocenters. The Kier molecular flexibility index (Phi) is 4.45. The molecular formula is C17H28N4. The number of hydrogen-bond acceptors (Lipinski definition) is 4. The van der Waals surface area contributed by atoms with Crippen LogP contribution in [0.2, 0.25) is 0 Å². The predicted molar refractivity (Wildman–Crippen MR) is 86.9 cm³/mol. The van der Waals surface area contributed by atoms with Crippen molar-refractivity contribution in [3.63, 3.8) is 0 Å². The smallest absolute Gasteiger partial charge is 0.127 e. The van der Waals surface area contributed by atoms with Crippen molar-refractivity contribution in [1.82, 2.24) is 14.8 Å². The molecule has 2 aliphatic heterocycles. The van der Waals surface area contributed by atoms with Gasteiger partial charge in [0.2, 0.25) is 0 Å². The normalized spacial score (nSPS) is 24.0. The van der Waals surface area contributed by atoms with Gasteiger partial charge in [-0.25, -0.2) is 4.98 Å². The van der Waals surface area contributed by atoms with E-state index >= 15 is 0 Å². The zero-order valence-corrected chi connectivity index (χ0v) is 13.2. The van der Waals surface area contributed by atoms with Gasteiger partial charge in [0.05, 0.1) is 0 Å². The average molecular weight is 288 g/mol. The lowest BCUT2D eigenvalue weighted by molar-refractivity contribution is 0.104. The zero-order valence-electron chi connectivity index (χ0n) is 13.2. The number of hydrogen-bond donors (Lipinski definition) is 1. The van der Waals surface area contributed by atoms with Gasteiger partial charge in [-0.05, 0) is 76.8 Å². The van der Waals surface area contributed by atoms with Crippen molar-refractivity contribution in [2.75, 3.05) is 39.0 Å². The molecule has 0 amide bonds. The number of anilines is 1. The van der Waals surface area contributed by atoms with Crippen LogP contribution in [0, 0.1) is 5.41 Å². The van der Waals surface area contributed by atoms with Gasteiger partial charge in [0.1, 0.15) is 5.82 Å². The molecule has 1 aromatic heterocycles. The summed E-state index contributed by atoms with van der Waals surface area (Å²) in [7, 11) is 2.25. The van der Waals surface area contributed by atoms with E-state index in [1.807, 2.05) is 6.07 Å². The Morgan fingerprint density at radius 2 is 1.90 bits per heavy atom. The Hall–Kier alpha value is -1.13. The van der Waals surface area contributed by atoms with Gasteiger partial charge in [0, 0.05) is 18.3 Å². The van der Waals surface area contributed by atoms with E-state index in [1.54, 1.807) is 6.20 Å². The second-order valence-electron chi connectivity index (χ2n) is 6.98. The van der Waals surface area contributed by atoms with Crippen LogP contribution in [-0.4, -0.2) is 48.0 Å². The highest BCUT2D eigenvalue weighted by molar-refractivity contribution is 5.38. The lowest BCUT2D eigenvalue weighted by Crippen LogP contribution is -2.38. The number of piperidine rings is 1. The van der Waals surface area contributed by atoms with Gasteiger partial charge in [0.15, 0.2) is 0 Å². The molecule has 0 aliphatic carbocycles. The van der Waals surface area contributed by atoms with Crippen LogP contribution in [0.3, 0.4) is 0 Å². The maximum absolute atomic E-state index is 5.99. The molecule has 3 heterocycles. The third-order valence-electron chi connectivity index (χ3n) is 5.51. The fraction of sp³-hybridized carbons (Fsp3) is 0.706. The fourth-order valence-electron chi connectivity index (χ4n) is 3.89. The molecule has 1 aromatic rings. The Labute approximate surface area is 128 Å². The number of likely N-dealkylation sites (tertiary alicyclic amines) is 2. The molecular weight excluding hydrogens is 260 g/mol. The first-order chi connectivity index (χ1) is 10.2. The predicted octanol–water partition coefficient (Wildman–Crippen LogP) is 2.36. The molecule has 4 heteroatoms. The molecule has 116 valence electrons.